The van der Waals surface area contributed by atoms with Gasteiger partial charge >= 0.3 is 0 Å². The number of hydrogen-bond donors (Lipinski definition) is 0. The summed E-state index contributed by atoms with van der Waals surface area (Å²) in [5.74, 6) is 0.519. The number of hydrogen-bond acceptors (Lipinski definition) is 3. The van der Waals surface area contributed by atoms with Gasteiger partial charge in [-0.1, -0.05) is 6.92 Å². The third-order valence-electron chi connectivity index (χ3n) is 2.18. The van der Waals surface area contributed by atoms with Gasteiger partial charge in [0.15, 0.2) is 0 Å². The largest absolute Gasteiger partial charge is 0.252 e. The monoisotopic (exact) mass is 281 g/mol. The summed E-state index contributed by atoms with van der Waals surface area (Å²) >= 11 is 6.92. The van der Waals surface area contributed by atoms with E-state index in [1.165, 1.54) is 15.6 Å². The molecule has 0 saturated heterocycles. The Morgan fingerprint density at radius 1 is 1.44 bits per heavy atom. The maximum atomic E-state index is 12.0. The normalized spacial score (nSPS) is 12.2. The molecule has 92 valence electrons. The van der Waals surface area contributed by atoms with E-state index >= 15 is 0 Å². The van der Waals surface area contributed by atoms with Crippen molar-refractivity contribution in [2.45, 2.75) is 24.0 Å². The van der Waals surface area contributed by atoms with Crippen LogP contribution in [0.25, 0.3) is 0 Å². The highest BCUT2D eigenvalue weighted by molar-refractivity contribution is 7.91. The molecule has 0 radical (unpaired) electrons. The fraction of sp³-hybridized carbons (Fsp3) is 0.600. The Bertz CT molecular complexity index is 428. The van der Waals surface area contributed by atoms with Crippen LogP contribution in [0.2, 0.25) is 0 Å². The van der Waals surface area contributed by atoms with E-state index < -0.39 is 10.0 Å². The minimum atomic E-state index is -3.29. The van der Waals surface area contributed by atoms with Crippen molar-refractivity contribution in [3.8, 4) is 0 Å². The highest BCUT2D eigenvalue weighted by Gasteiger charge is 2.21. The summed E-state index contributed by atoms with van der Waals surface area (Å²) in [4.78, 5) is 1.01. The van der Waals surface area contributed by atoms with Crippen LogP contribution >= 0.6 is 22.9 Å². The molecule has 0 aromatic carbocycles. The van der Waals surface area contributed by atoms with Crippen molar-refractivity contribution in [3.05, 3.63) is 17.0 Å². The Morgan fingerprint density at radius 2 is 2.12 bits per heavy atom. The molecule has 1 aromatic rings. The lowest BCUT2D eigenvalue weighted by atomic mass is 10.4. The Balaban J connectivity index is 2.89. The van der Waals surface area contributed by atoms with E-state index in [9.17, 15) is 8.42 Å². The zero-order valence-corrected chi connectivity index (χ0v) is 11.8. The lowest BCUT2D eigenvalue weighted by Gasteiger charge is -2.14. The topological polar surface area (TPSA) is 37.4 Å². The SMILES string of the molecule is CCCN(C)S(=O)(=O)c1ccc(CCCl)s1. The molecule has 0 aliphatic carbocycles. The van der Waals surface area contributed by atoms with E-state index in [0.717, 1.165) is 17.7 Å². The molecular weight excluding hydrogens is 266 g/mol. The quantitative estimate of drug-likeness (QED) is 0.752. The van der Waals surface area contributed by atoms with E-state index in [2.05, 4.69) is 0 Å². The van der Waals surface area contributed by atoms with Crippen LogP contribution in [-0.4, -0.2) is 32.2 Å². The molecule has 0 bridgehead atoms. The van der Waals surface area contributed by atoms with Gasteiger partial charge in [-0.3, -0.25) is 0 Å². The predicted molar refractivity (Wildman–Crippen MR) is 68.8 cm³/mol. The summed E-state index contributed by atoms with van der Waals surface area (Å²) in [6, 6.07) is 3.49. The molecule has 0 amide bonds. The summed E-state index contributed by atoms with van der Waals surface area (Å²) in [5, 5.41) is 0. The van der Waals surface area contributed by atoms with E-state index in [4.69, 9.17) is 11.6 Å². The van der Waals surface area contributed by atoms with E-state index in [1.54, 1.807) is 13.1 Å². The van der Waals surface area contributed by atoms with E-state index in [0.29, 0.717) is 16.6 Å². The van der Waals surface area contributed by atoms with E-state index in [1.807, 2.05) is 13.0 Å². The summed E-state index contributed by atoms with van der Waals surface area (Å²) < 4.78 is 25.9. The molecule has 0 atom stereocenters. The molecular formula is C10H16ClNO2S2. The van der Waals surface area contributed by atoms with Crippen molar-refractivity contribution in [2.24, 2.45) is 0 Å². The molecule has 0 aliphatic rings. The summed E-state index contributed by atoms with van der Waals surface area (Å²) in [7, 11) is -1.68. The van der Waals surface area contributed by atoms with E-state index in [-0.39, 0.29) is 0 Å². The minimum absolute atomic E-state index is 0.406. The Labute approximate surface area is 106 Å². The predicted octanol–water partition coefficient (Wildman–Crippen LogP) is 2.56. The first-order chi connectivity index (χ1) is 7.52. The lowest BCUT2D eigenvalue weighted by Crippen LogP contribution is -2.26. The third kappa shape index (κ3) is 3.20. The highest BCUT2D eigenvalue weighted by Crippen LogP contribution is 2.24. The van der Waals surface area contributed by atoms with Crippen molar-refractivity contribution in [2.75, 3.05) is 19.5 Å². The standard InChI is InChI=1S/C10H16ClNO2S2/c1-3-8-12(2)16(13,14)10-5-4-9(15-10)6-7-11/h4-5H,3,6-8H2,1-2H3. The van der Waals surface area contributed by atoms with Gasteiger partial charge in [0.2, 0.25) is 0 Å². The van der Waals surface area contributed by atoms with Gasteiger partial charge in [0.1, 0.15) is 4.21 Å². The van der Waals surface area contributed by atoms with Crippen LogP contribution in [0.5, 0.6) is 0 Å². The van der Waals surface area contributed by atoms with Crippen LogP contribution < -0.4 is 0 Å². The molecule has 0 aliphatic heterocycles. The highest BCUT2D eigenvalue weighted by atomic mass is 35.5. The first kappa shape index (κ1) is 14.0. The van der Waals surface area contributed by atoms with Gasteiger partial charge in [0.05, 0.1) is 0 Å². The smallest absolute Gasteiger partial charge is 0.206 e. The number of nitrogens with zero attached hydrogens (tertiary/aromatic N) is 1. The second kappa shape index (κ2) is 6.00. The number of rotatable bonds is 6. The van der Waals surface area contributed by atoms with Crippen LogP contribution in [0.3, 0.4) is 0 Å². The van der Waals surface area contributed by atoms with Crippen molar-refractivity contribution in [1.82, 2.24) is 4.31 Å². The van der Waals surface area contributed by atoms with Crippen LogP contribution in [0.1, 0.15) is 18.2 Å². The molecule has 3 nitrogen and oxygen atoms in total. The van der Waals surface area contributed by atoms with Gasteiger partial charge < -0.3 is 0 Å². The summed E-state index contributed by atoms with van der Waals surface area (Å²) in [6.45, 7) is 2.50. The van der Waals surface area contributed by atoms with Crippen LogP contribution in [0, 0.1) is 0 Å². The van der Waals surface area contributed by atoms with Crippen LogP contribution in [-0.2, 0) is 16.4 Å². The van der Waals surface area contributed by atoms with Crippen molar-refractivity contribution in [3.63, 3.8) is 0 Å². The first-order valence-corrected chi connectivity index (χ1v) is 7.92. The van der Waals surface area contributed by atoms with Gasteiger partial charge in [-0.15, -0.1) is 22.9 Å². The molecule has 16 heavy (non-hydrogen) atoms. The fourth-order valence-corrected chi connectivity index (χ4v) is 4.46. The summed E-state index contributed by atoms with van der Waals surface area (Å²) in [6.07, 6.45) is 1.54. The molecule has 0 spiro atoms. The third-order valence-corrected chi connectivity index (χ3v) is 5.84. The molecule has 0 saturated carbocycles. The second-order valence-electron chi connectivity index (χ2n) is 3.49. The molecule has 0 fully saturated rings. The first-order valence-electron chi connectivity index (χ1n) is 5.13. The zero-order chi connectivity index (χ0) is 12.2. The van der Waals surface area contributed by atoms with Crippen LogP contribution in [0.15, 0.2) is 16.3 Å². The number of alkyl halides is 1. The average molecular weight is 282 g/mol. The molecule has 0 unspecified atom stereocenters. The maximum absolute atomic E-state index is 12.0. The Kier molecular flexibility index (Phi) is 5.24. The average Bonchev–Trinajstić information content (AvgIpc) is 2.68. The summed E-state index contributed by atoms with van der Waals surface area (Å²) in [5.41, 5.74) is 0. The molecule has 1 aromatic heterocycles. The fourth-order valence-electron chi connectivity index (χ4n) is 1.31. The molecule has 1 rings (SSSR count). The number of aryl methyl sites for hydroxylation is 1. The number of thiophene rings is 1. The van der Waals surface area contributed by atoms with Crippen LogP contribution in [0.4, 0.5) is 0 Å². The van der Waals surface area contributed by atoms with Gasteiger partial charge in [-0.2, -0.15) is 0 Å². The number of halogens is 1. The van der Waals surface area contributed by atoms with Crippen molar-refractivity contribution < 1.29 is 8.42 Å². The zero-order valence-electron chi connectivity index (χ0n) is 9.44. The van der Waals surface area contributed by atoms with Gasteiger partial charge in [-0.25, -0.2) is 12.7 Å². The van der Waals surface area contributed by atoms with Gasteiger partial charge in [0, 0.05) is 24.3 Å². The van der Waals surface area contributed by atoms with Gasteiger partial charge in [0.25, 0.3) is 10.0 Å². The Morgan fingerprint density at radius 3 is 2.69 bits per heavy atom. The molecule has 6 heteroatoms. The lowest BCUT2D eigenvalue weighted by molar-refractivity contribution is 0.470. The molecule has 1 heterocycles. The van der Waals surface area contributed by atoms with Gasteiger partial charge in [-0.05, 0) is 25.0 Å². The number of sulfonamides is 1. The Hall–Kier alpha value is -0.100. The van der Waals surface area contributed by atoms with Crippen molar-refractivity contribution >= 4 is 33.0 Å². The minimum Gasteiger partial charge on any atom is -0.206 e. The maximum Gasteiger partial charge on any atom is 0.252 e. The second-order valence-corrected chi connectivity index (χ2v) is 7.30. The molecule has 0 N–H and O–H groups in total. The van der Waals surface area contributed by atoms with Crippen molar-refractivity contribution in [1.29, 1.82) is 0 Å².